The lowest BCUT2D eigenvalue weighted by Crippen LogP contribution is -1.99. The van der Waals surface area contributed by atoms with Crippen LogP contribution < -0.4 is 4.74 Å². The van der Waals surface area contributed by atoms with Gasteiger partial charge >= 0.3 is 0 Å². The van der Waals surface area contributed by atoms with Crippen molar-refractivity contribution in [2.24, 2.45) is 0 Å². The summed E-state index contributed by atoms with van der Waals surface area (Å²) in [6.07, 6.45) is 7.47. The van der Waals surface area contributed by atoms with Gasteiger partial charge in [-0.1, -0.05) is 42.5 Å². The molecule has 1 unspecified atom stereocenters. The Kier molecular flexibility index (Phi) is 2.39. The quantitative estimate of drug-likeness (QED) is 0.357. The Morgan fingerprint density at radius 1 is 0.958 bits per heavy atom. The van der Waals surface area contributed by atoms with Crippen molar-refractivity contribution >= 4 is 42.3 Å². The van der Waals surface area contributed by atoms with Gasteiger partial charge in [0.2, 0.25) is 0 Å². The predicted molar refractivity (Wildman–Crippen MR) is 102 cm³/mol. The van der Waals surface area contributed by atoms with Crippen LogP contribution in [0.3, 0.4) is 0 Å². The Balaban J connectivity index is 1.71. The molecule has 0 fully saturated rings. The molecule has 2 aliphatic rings. The molecule has 4 aromatic rings. The van der Waals surface area contributed by atoms with E-state index in [1.54, 1.807) is 0 Å². The maximum atomic E-state index is 6.10. The Morgan fingerprint density at radius 2 is 1.92 bits per heavy atom. The molecule has 1 atom stereocenters. The second-order valence-corrected chi connectivity index (χ2v) is 7.59. The molecule has 0 amide bonds. The largest absolute Gasteiger partial charge is 0.461 e. The van der Waals surface area contributed by atoms with Crippen LogP contribution in [0.4, 0.5) is 0 Å². The topological polar surface area (TPSA) is 9.23 Å². The van der Waals surface area contributed by atoms with Crippen molar-refractivity contribution in [3.05, 3.63) is 78.1 Å². The van der Waals surface area contributed by atoms with Crippen molar-refractivity contribution < 1.29 is 4.74 Å². The summed E-state index contributed by atoms with van der Waals surface area (Å²) in [6, 6.07) is 17.8. The van der Waals surface area contributed by atoms with Crippen LogP contribution in [0.15, 0.2) is 72.5 Å². The smallest absolute Gasteiger partial charge is 0.131 e. The molecule has 0 saturated heterocycles. The minimum absolute atomic E-state index is 0.388. The summed E-state index contributed by atoms with van der Waals surface area (Å²) in [6.45, 7) is 0. The Bertz CT molecular complexity index is 1210. The average Bonchev–Trinajstić information content (AvgIpc) is 3.18. The number of hydrogen-bond acceptors (Lipinski definition) is 2. The zero-order valence-corrected chi connectivity index (χ0v) is 13.8. The fourth-order valence-corrected chi connectivity index (χ4v) is 5.26. The molecule has 0 radical (unpaired) electrons. The van der Waals surface area contributed by atoms with Gasteiger partial charge in [-0.2, -0.15) is 0 Å². The highest BCUT2D eigenvalue weighted by Crippen LogP contribution is 2.48. The Morgan fingerprint density at radius 3 is 2.92 bits per heavy atom. The second-order valence-electron chi connectivity index (χ2n) is 6.54. The van der Waals surface area contributed by atoms with Gasteiger partial charge in [0, 0.05) is 37.0 Å². The van der Waals surface area contributed by atoms with Crippen LogP contribution in [0.1, 0.15) is 17.9 Å². The fourth-order valence-electron chi connectivity index (χ4n) is 4.03. The van der Waals surface area contributed by atoms with E-state index in [0.717, 1.165) is 17.9 Å². The molecule has 2 heterocycles. The van der Waals surface area contributed by atoms with E-state index in [0.29, 0.717) is 5.92 Å². The molecule has 0 spiro atoms. The summed E-state index contributed by atoms with van der Waals surface area (Å²) in [5.74, 6) is 2.51. The average molecular weight is 326 g/mol. The molecule has 0 bridgehead atoms. The molecule has 1 aliphatic carbocycles. The van der Waals surface area contributed by atoms with E-state index in [1.807, 2.05) is 11.3 Å². The van der Waals surface area contributed by atoms with Crippen LogP contribution >= 0.6 is 11.3 Å². The fraction of sp³-hybridized carbons (Fsp3) is 0.0909. The SMILES string of the molecule is C1=CCC2C(=C1)Oc1cc3ccc4c5ccccc5sc4c3cc12. The zero-order chi connectivity index (χ0) is 15.7. The van der Waals surface area contributed by atoms with E-state index >= 15 is 0 Å². The molecular formula is C22H14OS. The predicted octanol–water partition coefficient (Wildman–Crippen LogP) is 6.53. The van der Waals surface area contributed by atoms with Gasteiger partial charge in [-0.25, -0.2) is 0 Å². The first-order chi connectivity index (χ1) is 11.9. The minimum Gasteiger partial charge on any atom is -0.461 e. The molecular weight excluding hydrogens is 312 g/mol. The maximum absolute atomic E-state index is 6.10. The molecule has 1 aliphatic heterocycles. The third kappa shape index (κ3) is 1.59. The Labute approximate surface area is 143 Å². The van der Waals surface area contributed by atoms with E-state index < -0.39 is 0 Å². The van der Waals surface area contributed by atoms with E-state index in [9.17, 15) is 0 Å². The van der Waals surface area contributed by atoms with Crippen molar-refractivity contribution in [2.75, 3.05) is 0 Å². The van der Waals surface area contributed by atoms with Crippen LogP contribution in [-0.4, -0.2) is 0 Å². The lowest BCUT2D eigenvalue weighted by Gasteiger charge is -2.11. The number of rotatable bonds is 0. The summed E-state index contributed by atoms with van der Waals surface area (Å²) < 4.78 is 8.85. The van der Waals surface area contributed by atoms with Gasteiger partial charge in [0.05, 0.1) is 0 Å². The third-order valence-electron chi connectivity index (χ3n) is 5.21. The van der Waals surface area contributed by atoms with Gasteiger partial charge < -0.3 is 4.74 Å². The standard InChI is InChI=1S/C22H14OS/c1-3-7-19-14(5-1)18-12-17-13(11-20(18)23-19)9-10-16-15-6-2-4-8-21(15)24-22(16)17/h1-4,6-12,14H,5H2. The number of hydrogen-bond donors (Lipinski definition) is 0. The van der Waals surface area contributed by atoms with Gasteiger partial charge in [0.25, 0.3) is 0 Å². The maximum Gasteiger partial charge on any atom is 0.131 e. The highest BCUT2D eigenvalue weighted by molar-refractivity contribution is 7.26. The van der Waals surface area contributed by atoms with Gasteiger partial charge in [0.15, 0.2) is 0 Å². The lowest BCUT2D eigenvalue weighted by molar-refractivity contribution is 0.425. The zero-order valence-electron chi connectivity index (χ0n) is 13.0. The van der Waals surface area contributed by atoms with E-state index in [-0.39, 0.29) is 0 Å². The van der Waals surface area contributed by atoms with Crippen molar-refractivity contribution in [1.29, 1.82) is 0 Å². The highest BCUT2D eigenvalue weighted by atomic mass is 32.1. The monoisotopic (exact) mass is 326 g/mol. The molecule has 1 nitrogen and oxygen atoms in total. The van der Waals surface area contributed by atoms with Crippen molar-refractivity contribution in [1.82, 2.24) is 0 Å². The van der Waals surface area contributed by atoms with Crippen LogP contribution in [-0.2, 0) is 0 Å². The molecule has 1 aromatic heterocycles. The van der Waals surface area contributed by atoms with Crippen LogP contribution in [0, 0.1) is 0 Å². The summed E-state index contributed by atoms with van der Waals surface area (Å²) in [7, 11) is 0. The minimum atomic E-state index is 0.388. The second kappa shape index (κ2) is 4.49. The molecule has 2 heteroatoms. The van der Waals surface area contributed by atoms with E-state index in [2.05, 4.69) is 66.8 Å². The number of thiophene rings is 1. The van der Waals surface area contributed by atoms with Crippen molar-refractivity contribution in [2.45, 2.75) is 12.3 Å². The number of allylic oxidation sites excluding steroid dienone is 4. The van der Waals surface area contributed by atoms with Crippen LogP contribution in [0.5, 0.6) is 5.75 Å². The first-order valence-electron chi connectivity index (χ1n) is 8.31. The van der Waals surface area contributed by atoms with Gasteiger partial charge in [-0.3, -0.25) is 0 Å². The molecule has 114 valence electrons. The van der Waals surface area contributed by atoms with Crippen molar-refractivity contribution in [3.63, 3.8) is 0 Å². The number of benzene rings is 3. The first-order valence-corrected chi connectivity index (χ1v) is 9.12. The summed E-state index contributed by atoms with van der Waals surface area (Å²) in [5.41, 5.74) is 1.34. The summed E-state index contributed by atoms with van der Waals surface area (Å²) in [4.78, 5) is 0. The van der Waals surface area contributed by atoms with E-state index in [1.165, 1.54) is 36.5 Å². The van der Waals surface area contributed by atoms with E-state index in [4.69, 9.17) is 4.74 Å². The molecule has 0 N–H and O–H groups in total. The van der Waals surface area contributed by atoms with Gasteiger partial charge in [0.1, 0.15) is 11.5 Å². The number of fused-ring (bicyclic) bond motifs is 8. The normalized spacial score (nSPS) is 18.7. The van der Waals surface area contributed by atoms with Gasteiger partial charge in [-0.05, 0) is 36.1 Å². The van der Waals surface area contributed by atoms with Gasteiger partial charge in [-0.15, -0.1) is 11.3 Å². The highest BCUT2D eigenvalue weighted by Gasteiger charge is 2.30. The summed E-state index contributed by atoms with van der Waals surface area (Å²) >= 11 is 1.90. The molecule has 3 aromatic carbocycles. The lowest BCUT2D eigenvalue weighted by atomic mass is 9.91. The van der Waals surface area contributed by atoms with Crippen LogP contribution in [0.25, 0.3) is 30.9 Å². The van der Waals surface area contributed by atoms with Crippen LogP contribution in [0.2, 0.25) is 0 Å². The Hall–Kier alpha value is -2.58. The third-order valence-corrected chi connectivity index (χ3v) is 6.42. The first kappa shape index (κ1) is 12.8. The van der Waals surface area contributed by atoms with Crippen molar-refractivity contribution in [3.8, 4) is 5.75 Å². The molecule has 0 saturated carbocycles. The molecule has 6 rings (SSSR count). The molecule has 24 heavy (non-hydrogen) atoms. The number of ether oxygens (including phenoxy) is 1. The summed E-state index contributed by atoms with van der Waals surface area (Å²) in [5, 5.41) is 5.34.